The van der Waals surface area contributed by atoms with Gasteiger partial charge in [-0.3, -0.25) is 0 Å². The molecule has 1 heterocycles. The number of aromatic nitrogens is 1. The fraction of sp³-hybridized carbons (Fsp3) is 0.462. The first-order chi connectivity index (χ1) is 7.86. The van der Waals surface area contributed by atoms with Crippen molar-refractivity contribution in [2.75, 3.05) is 12.4 Å². The number of hydrogen-bond donors (Lipinski definition) is 1. The van der Waals surface area contributed by atoms with Crippen LogP contribution in [0.4, 0.5) is 5.69 Å². The lowest BCUT2D eigenvalue weighted by molar-refractivity contribution is 0.218. The van der Waals surface area contributed by atoms with Crippen LogP contribution in [0.1, 0.15) is 12.8 Å². The van der Waals surface area contributed by atoms with Crippen molar-refractivity contribution in [1.29, 1.82) is 0 Å². The van der Waals surface area contributed by atoms with Crippen LogP contribution < -0.4 is 10.1 Å². The number of nitrogens with one attached hydrogen (secondary N) is 1. The van der Waals surface area contributed by atoms with E-state index in [1.807, 2.05) is 18.3 Å². The van der Waals surface area contributed by atoms with E-state index in [1.165, 1.54) is 12.8 Å². The summed E-state index contributed by atoms with van der Waals surface area (Å²) in [6.45, 7) is 0. The molecule has 16 heavy (non-hydrogen) atoms. The average molecular weight is 216 g/mol. The zero-order valence-corrected chi connectivity index (χ0v) is 9.39. The molecule has 2 aliphatic rings. The normalized spacial score (nSPS) is 30.7. The summed E-state index contributed by atoms with van der Waals surface area (Å²) in [6, 6.07) is 4.51. The summed E-state index contributed by atoms with van der Waals surface area (Å²) in [5.74, 6) is 2.30. The van der Waals surface area contributed by atoms with Gasteiger partial charge in [0.05, 0.1) is 19.0 Å². The first-order valence-electron chi connectivity index (χ1n) is 5.80. The van der Waals surface area contributed by atoms with Crippen LogP contribution in [-0.2, 0) is 0 Å². The second kappa shape index (κ2) is 3.81. The van der Waals surface area contributed by atoms with Gasteiger partial charge in [0.1, 0.15) is 0 Å². The van der Waals surface area contributed by atoms with Crippen LogP contribution in [-0.4, -0.2) is 18.1 Å². The topological polar surface area (TPSA) is 34.1 Å². The summed E-state index contributed by atoms with van der Waals surface area (Å²) >= 11 is 0. The minimum Gasteiger partial charge on any atom is -0.481 e. The van der Waals surface area contributed by atoms with E-state index in [2.05, 4.69) is 22.5 Å². The van der Waals surface area contributed by atoms with Crippen LogP contribution in [0, 0.1) is 11.8 Å². The highest BCUT2D eigenvalue weighted by atomic mass is 16.5. The van der Waals surface area contributed by atoms with Crippen molar-refractivity contribution in [3.63, 3.8) is 0 Å². The van der Waals surface area contributed by atoms with Crippen molar-refractivity contribution in [3.8, 4) is 5.88 Å². The van der Waals surface area contributed by atoms with Crippen LogP contribution >= 0.6 is 0 Å². The van der Waals surface area contributed by atoms with Gasteiger partial charge in [-0.05, 0) is 24.8 Å². The smallest absolute Gasteiger partial charge is 0.213 e. The first kappa shape index (κ1) is 9.70. The molecule has 0 saturated heterocycles. The number of pyridine rings is 1. The zero-order valence-electron chi connectivity index (χ0n) is 9.39. The van der Waals surface area contributed by atoms with E-state index in [-0.39, 0.29) is 0 Å². The molecular weight excluding hydrogens is 200 g/mol. The van der Waals surface area contributed by atoms with Gasteiger partial charge in [-0.2, -0.15) is 0 Å². The molecule has 0 aromatic carbocycles. The predicted molar refractivity (Wildman–Crippen MR) is 63.6 cm³/mol. The van der Waals surface area contributed by atoms with Crippen LogP contribution in [0.15, 0.2) is 30.5 Å². The molecule has 0 bridgehead atoms. The standard InChI is InChI=1S/C13H16N2O/c1-16-13-6-5-10(8-14-13)15-12-7-9-3-2-4-11(9)12/h2,4-6,8-9,11-12,15H,3,7H2,1H3. The molecule has 0 aliphatic heterocycles. The Kier molecular flexibility index (Phi) is 2.31. The number of nitrogens with zero attached hydrogens (tertiary/aromatic N) is 1. The van der Waals surface area contributed by atoms with Crippen molar-refractivity contribution >= 4 is 5.69 Å². The molecule has 3 nitrogen and oxygen atoms in total. The molecule has 3 atom stereocenters. The van der Waals surface area contributed by atoms with Crippen molar-refractivity contribution in [2.45, 2.75) is 18.9 Å². The molecule has 2 aliphatic carbocycles. The van der Waals surface area contributed by atoms with Gasteiger partial charge in [0, 0.05) is 18.0 Å². The van der Waals surface area contributed by atoms with Gasteiger partial charge in [0.25, 0.3) is 0 Å². The van der Waals surface area contributed by atoms with E-state index in [4.69, 9.17) is 4.74 Å². The van der Waals surface area contributed by atoms with Crippen LogP contribution in [0.5, 0.6) is 5.88 Å². The van der Waals surface area contributed by atoms with Crippen molar-refractivity contribution in [1.82, 2.24) is 4.98 Å². The third kappa shape index (κ3) is 1.56. The number of fused-ring (bicyclic) bond motifs is 1. The molecule has 3 unspecified atom stereocenters. The Balaban J connectivity index is 1.64. The van der Waals surface area contributed by atoms with Crippen molar-refractivity contribution in [3.05, 3.63) is 30.5 Å². The largest absolute Gasteiger partial charge is 0.481 e. The molecule has 1 fully saturated rings. The lowest BCUT2D eigenvalue weighted by Crippen LogP contribution is -2.43. The zero-order chi connectivity index (χ0) is 11.0. The van der Waals surface area contributed by atoms with E-state index in [1.54, 1.807) is 7.11 Å². The highest BCUT2D eigenvalue weighted by Gasteiger charge is 2.40. The van der Waals surface area contributed by atoms with Gasteiger partial charge in [-0.25, -0.2) is 4.98 Å². The Bertz CT molecular complexity index is 399. The van der Waals surface area contributed by atoms with Gasteiger partial charge in [0.2, 0.25) is 5.88 Å². The summed E-state index contributed by atoms with van der Waals surface area (Å²) in [5.41, 5.74) is 1.09. The maximum Gasteiger partial charge on any atom is 0.213 e. The second-order valence-corrected chi connectivity index (χ2v) is 4.58. The number of methoxy groups -OCH3 is 1. The molecular formula is C13H16N2O. The van der Waals surface area contributed by atoms with Gasteiger partial charge >= 0.3 is 0 Å². The van der Waals surface area contributed by atoms with E-state index in [0.717, 1.165) is 17.5 Å². The Morgan fingerprint density at radius 3 is 3.06 bits per heavy atom. The monoisotopic (exact) mass is 216 g/mol. The number of anilines is 1. The van der Waals surface area contributed by atoms with E-state index in [0.29, 0.717) is 11.9 Å². The highest BCUT2D eigenvalue weighted by Crippen LogP contribution is 2.43. The lowest BCUT2D eigenvalue weighted by Gasteiger charge is -2.41. The molecule has 84 valence electrons. The summed E-state index contributed by atoms with van der Waals surface area (Å²) in [4.78, 5) is 4.19. The minimum absolute atomic E-state index is 0.596. The molecule has 3 heteroatoms. The van der Waals surface area contributed by atoms with E-state index >= 15 is 0 Å². The second-order valence-electron chi connectivity index (χ2n) is 4.58. The minimum atomic E-state index is 0.596. The van der Waals surface area contributed by atoms with Crippen molar-refractivity contribution in [2.24, 2.45) is 11.8 Å². The van der Waals surface area contributed by atoms with Gasteiger partial charge in [-0.1, -0.05) is 12.2 Å². The fourth-order valence-corrected chi connectivity index (χ4v) is 2.68. The molecule has 1 aromatic heterocycles. The number of hydrogen-bond acceptors (Lipinski definition) is 3. The summed E-state index contributed by atoms with van der Waals surface area (Å²) in [5, 5.41) is 3.53. The number of ether oxygens (including phenoxy) is 1. The Hall–Kier alpha value is -1.51. The van der Waals surface area contributed by atoms with E-state index in [9.17, 15) is 0 Å². The maximum atomic E-state index is 5.03. The van der Waals surface area contributed by atoms with Crippen LogP contribution in [0.25, 0.3) is 0 Å². The van der Waals surface area contributed by atoms with Crippen molar-refractivity contribution < 1.29 is 4.74 Å². The third-order valence-corrected chi connectivity index (χ3v) is 3.66. The maximum absolute atomic E-state index is 5.03. The fourth-order valence-electron chi connectivity index (χ4n) is 2.68. The molecule has 1 saturated carbocycles. The molecule has 1 aromatic rings. The van der Waals surface area contributed by atoms with E-state index < -0.39 is 0 Å². The third-order valence-electron chi connectivity index (χ3n) is 3.66. The Morgan fingerprint density at radius 2 is 2.38 bits per heavy atom. The highest BCUT2D eigenvalue weighted by molar-refractivity contribution is 5.44. The quantitative estimate of drug-likeness (QED) is 0.788. The number of allylic oxidation sites excluding steroid dienone is 1. The summed E-state index contributed by atoms with van der Waals surface area (Å²) in [6.07, 6.45) is 9.05. The summed E-state index contributed by atoms with van der Waals surface area (Å²) in [7, 11) is 1.63. The average Bonchev–Trinajstić information content (AvgIpc) is 2.68. The van der Waals surface area contributed by atoms with Gasteiger partial charge < -0.3 is 10.1 Å². The lowest BCUT2D eigenvalue weighted by atomic mass is 9.71. The molecule has 0 spiro atoms. The van der Waals surface area contributed by atoms with Gasteiger partial charge in [0.15, 0.2) is 0 Å². The van der Waals surface area contributed by atoms with Crippen LogP contribution in [0.2, 0.25) is 0 Å². The summed E-state index contributed by atoms with van der Waals surface area (Å²) < 4.78 is 5.03. The predicted octanol–water partition coefficient (Wildman–Crippen LogP) is 2.47. The Morgan fingerprint density at radius 1 is 1.44 bits per heavy atom. The molecule has 1 N–H and O–H groups in total. The number of rotatable bonds is 3. The Labute approximate surface area is 95.5 Å². The van der Waals surface area contributed by atoms with Gasteiger partial charge in [-0.15, -0.1) is 0 Å². The SMILES string of the molecule is COc1ccc(NC2CC3CC=CC32)cn1. The molecule has 0 radical (unpaired) electrons. The molecule has 0 amide bonds. The molecule has 3 rings (SSSR count). The first-order valence-corrected chi connectivity index (χ1v) is 5.80. The van der Waals surface area contributed by atoms with Crippen LogP contribution in [0.3, 0.4) is 0 Å².